The molecule has 1 aromatic rings. The zero-order chi connectivity index (χ0) is 12.8. The van der Waals surface area contributed by atoms with Gasteiger partial charge in [-0.3, -0.25) is 0 Å². The number of methoxy groups -OCH3 is 1. The topological polar surface area (TPSA) is 58.7 Å². The summed E-state index contributed by atoms with van der Waals surface area (Å²) in [5.41, 5.74) is 7.61. The van der Waals surface area contributed by atoms with E-state index >= 15 is 0 Å². The molecule has 0 radical (unpaired) electrons. The van der Waals surface area contributed by atoms with E-state index in [9.17, 15) is 5.11 Å². The minimum absolute atomic E-state index is 0.308. The van der Waals surface area contributed by atoms with Crippen molar-refractivity contribution in [3.8, 4) is 0 Å². The van der Waals surface area contributed by atoms with Crippen LogP contribution >= 0.6 is 11.6 Å². The highest BCUT2D eigenvalue weighted by molar-refractivity contribution is 6.30. The molecule has 0 aliphatic carbocycles. The second-order valence-electron chi connectivity index (χ2n) is 3.97. The first-order valence-corrected chi connectivity index (χ1v) is 5.83. The number of halogens is 1. The first-order chi connectivity index (χ1) is 8.08. The van der Waals surface area contributed by atoms with Gasteiger partial charge in [0.1, 0.15) is 0 Å². The van der Waals surface area contributed by atoms with Crippen LogP contribution in [-0.4, -0.2) is 38.5 Å². The Morgan fingerprint density at radius 2 is 2.24 bits per heavy atom. The van der Waals surface area contributed by atoms with E-state index in [0.717, 1.165) is 11.3 Å². The Bertz CT molecular complexity index is 360. The molecule has 4 nitrogen and oxygen atoms in total. The van der Waals surface area contributed by atoms with Crippen LogP contribution in [0.4, 0.5) is 5.69 Å². The number of nitrogens with zero attached hydrogens (tertiary/aromatic N) is 1. The van der Waals surface area contributed by atoms with E-state index in [1.54, 1.807) is 7.11 Å². The van der Waals surface area contributed by atoms with E-state index in [1.807, 2.05) is 30.1 Å². The van der Waals surface area contributed by atoms with Gasteiger partial charge in [-0.05, 0) is 17.7 Å². The van der Waals surface area contributed by atoms with Crippen LogP contribution in [0.2, 0.25) is 5.02 Å². The molecule has 0 heterocycles. The van der Waals surface area contributed by atoms with E-state index in [2.05, 4.69) is 0 Å². The predicted octanol–water partition coefficient (Wildman–Crippen LogP) is 1.24. The molecular formula is C12H19ClN2O2. The molecule has 0 saturated heterocycles. The number of benzene rings is 1. The lowest BCUT2D eigenvalue weighted by Crippen LogP contribution is -2.32. The van der Waals surface area contributed by atoms with Gasteiger partial charge in [-0.25, -0.2) is 0 Å². The van der Waals surface area contributed by atoms with Crippen LogP contribution in [-0.2, 0) is 11.3 Å². The fourth-order valence-corrected chi connectivity index (χ4v) is 1.89. The highest BCUT2D eigenvalue weighted by Crippen LogP contribution is 2.23. The van der Waals surface area contributed by atoms with Gasteiger partial charge < -0.3 is 20.5 Å². The molecule has 1 aromatic carbocycles. The van der Waals surface area contributed by atoms with E-state index in [0.29, 0.717) is 24.7 Å². The van der Waals surface area contributed by atoms with Gasteiger partial charge in [-0.15, -0.1) is 0 Å². The fraction of sp³-hybridized carbons (Fsp3) is 0.500. The maximum absolute atomic E-state index is 9.68. The number of ether oxygens (including phenoxy) is 1. The van der Waals surface area contributed by atoms with Gasteiger partial charge in [0.15, 0.2) is 0 Å². The number of rotatable bonds is 6. The maximum atomic E-state index is 9.68. The summed E-state index contributed by atoms with van der Waals surface area (Å²) in [6.07, 6.45) is -0.533. The molecule has 3 N–H and O–H groups in total. The normalized spacial score (nSPS) is 12.5. The highest BCUT2D eigenvalue weighted by atomic mass is 35.5. The summed E-state index contributed by atoms with van der Waals surface area (Å²) in [7, 11) is 3.46. The molecule has 0 bridgehead atoms. The molecule has 5 heteroatoms. The number of nitrogens with two attached hydrogens (primary N) is 1. The first-order valence-electron chi connectivity index (χ1n) is 5.45. The molecule has 0 aliphatic heterocycles. The number of hydrogen-bond donors (Lipinski definition) is 2. The summed E-state index contributed by atoms with van der Waals surface area (Å²) in [6.45, 7) is 1.22. The third kappa shape index (κ3) is 4.16. The Hall–Kier alpha value is -0.810. The standard InChI is InChI=1S/C12H19ClN2O2/c1-15(7-11(16)8-17-2)12-5-10(13)4-3-9(12)6-14/h3-5,11,16H,6-8,14H2,1-2H3. The molecule has 0 saturated carbocycles. The van der Waals surface area contributed by atoms with Gasteiger partial charge in [0.05, 0.1) is 12.7 Å². The van der Waals surface area contributed by atoms with Gasteiger partial charge in [0.25, 0.3) is 0 Å². The van der Waals surface area contributed by atoms with Crippen LogP contribution in [0.1, 0.15) is 5.56 Å². The van der Waals surface area contributed by atoms with Crippen LogP contribution < -0.4 is 10.6 Å². The van der Waals surface area contributed by atoms with Crippen molar-refractivity contribution in [1.29, 1.82) is 0 Å². The molecule has 17 heavy (non-hydrogen) atoms. The number of anilines is 1. The summed E-state index contributed by atoms with van der Waals surface area (Å²) >= 11 is 5.96. The Balaban J connectivity index is 2.79. The number of aliphatic hydroxyl groups is 1. The summed E-state index contributed by atoms with van der Waals surface area (Å²) < 4.78 is 4.89. The fourth-order valence-electron chi connectivity index (χ4n) is 1.72. The zero-order valence-electron chi connectivity index (χ0n) is 10.2. The van der Waals surface area contributed by atoms with Crippen molar-refractivity contribution in [2.75, 3.05) is 32.2 Å². The average molecular weight is 259 g/mol. The first kappa shape index (κ1) is 14.3. The molecule has 0 aromatic heterocycles. The van der Waals surface area contributed by atoms with Crippen molar-refractivity contribution < 1.29 is 9.84 Å². The van der Waals surface area contributed by atoms with Crippen molar-refractivity contribution in [3.05, 3.63) is 28.8 Å². The third-order valence-corrected chi connectivity index (χ3v) is 2.76. The Morgan fingerprint density at radius 3 is 2.82 bits per heavy atom. The lowest BCUT2D eigenvalue weighted by molar-refractivity contribution is 0.0695. The van der Waals surface area contributed by atoms with Crippen molar-refractivity contribution in [1.82, 2.24) is 0 Å². The lowest BCUT2D eigenvalue weighted by Gasteiger charge is -2.24. The van der Waals surface area contributed by atoms with Crippen molar-refractivity contribution in [3.63, 3.8) is 0 Å². The Morgan fingerprint density at radius 1 is 1.53 bits per heavy atom. The lowest BCUT2D eigenvalue weighted by atomic mass is 10.1. The monoisotopic (exact) mass is 258 g/mol. The van der Waals surface area contributed by atoms with Crippen LogP contribution in [0.15, 0.2) is 18.2 Å². The van der Waals surface area contributed by atoms with E-state index in [-0.39, 0.29) is 0 Å². The van der Waals surface area contributed by atoms with Crippen molar-refractivity contribution in [2.45, 2.75) is 12.6 Å². The van der Waals surface area contributed by atoms with Crippen LogP contribution in [0.3, 0.4) is 0 Å². The summed E-state index contributed by atoms with van der Waals surface area (Å²) in [5, 5.41) is 10.3. The van der Waals surface area contributed by atoms with Crippen LogP contribution in [0.25, 0.3) is 0 Å². The van der Waals surface area contributed by atoms with Crippen molar-refractivity contribution >= 4 is 17.3 Å². The van der Waals surface area contributed by atoms with Gasteiger partial charge in [-0.1, -0.05) is 17.7 Å². The Kier molecular flexibility index (Phi) is 5.71. The number of aliphatic hydroxyl groups excluding tert-OH is 1. The quantitative estimate of drug-likeness (QED) is 0.806. The molecule has 1 unspecified atom stereocenters. The molecule has 0 fully saturated rings. The average Bonchev–Trinajstić information content (AvgIpc) is 2.29. The minimum Gasteiger partial charge on any atom is -0.389 e. The van der Waals surface area contributed by atoms with E-state index in [4.69, 9.17) is 22.1 Å². The van der Waals surface area contributed by atoms with Gasteiger partial charge >= 0.3 is 0 Å². The molecule has 1 atom stereocenters. The molecule has 0 amide bonds. The summed E-state index contributed by atoms with van der Waals surface area (Å²) in [4.78, 5) is 1.93. The second-order valence-corrected chi connectivity index (χ2v) is 4.40. The maximum Gasteiger partial charge on any atom is 0.0947 e. The molecular weight excluding hydrogens is 240 g/mol. The van der Waals surface area contributed by atoms with E-state index < -0.39 is 6.10 Å². The molecule has 0 aliphatic rings. The molecule has 0 spiro atoms. The van der Waals surface area contributed by atoms with Gasteiger partial charge in [-0.2, -0.15) is 0 Å². The van der Waals surface area contributed by atoms with Gasteiger partial charge in [0.2, 0.25) is 0 Å². The van der Waals surface area contributed by atoms with Crippen LogP contribution in [0, 0.1) is 0 Å². The van der Waals surface area contributed by atoms with Gasteiger partial charge in [0, 0.05) is 38.0 Å². The second kappa shape index (κ2) is 6.81. The predicted molar refractivity (Wildman–Crippen MR) is 70.5 cm³/mol. The number of likely N-dealkylation sites (N-methyl/N-ethyl adjacent to an activating group) is 1. The Labute approximate surface area is 107 Å². The van der Waals surface area contributed by atoms with E-state index in [1.165, 1.54) is 0 Å². The summed E-state index contributed by atoms with van der Waals surface area (Å²) in [6, 6.07) is 5.56. The van der Waals surface area contributed by atoms with Crippen molar-refractivity contribution in [2.24, 2.45) is 5.73 Å². The zero-order valence-corrected chi connectivity index (χ0v) is 10.9. The molecule has 1 rings (SSSR count). The minimum atomic E-state index is -0.533. The highest BCUT2D eigenvalue weighted by Gasteiger charge is 2.11. The van der Waals surface area contributed by atoms with Crippen LogP contribution in [0.5, 0.6) is 0 Å². The smallest absolute Gasteiger partial charge is 0.0947 e. The third-order valence-electron chi connectivity index (χ3n) is 2.52. The molecule has 96 valence electrons. The number of hydrogen-bond acceptors (Lipinski definition) is 4. The summed E-state index contributed by atoms with van der Waals surface area (Å²) in [5.74, 6) is 0. The SMILES string of the molecule is COCC(O)CN(C)c1cc(Cl)ccc1CN. The largest absolute Gasteiger partial charge is 0.389 e.